The van der Waals surface area contributed by atoms with Crippen LogP contribution in [-0.4, -0.2) is 32.8 Å². The van der Waals surface area contributed by atoms with Crippen LogP contribution < -0.4 is 15.8 Å². The van der Waals surface area contributed by atoms with Gasteiger partial charge in [0.05, 0.1) is 11.7 Å². The fourth-order valence-electron chi connectivity index (χ4n) is 6.22. The van der Waals surface area contributed by atoms with Gasteiger partial charge in [0.1, 0.15) is 0 Å². The molecule has 6 rings (SSSR count). The molecule has 5 saturated carbocycles. The molecule has 2 unspecified atom stereocenters. The molecular weight excluding hydrogens is 394 g/mol. The minimum atomic E-state index is -3.76. The molecule has 158 valence electrons. The van der Waals surface area contributed by atoms with Crippen molar-refractivity contribution in [1.29, 1.82) is 0 Å². The fourth-order valence-corrected chi connectivity index (χ4v) is 7.27. The molecule has 0 aromatic carbocycles. The average molecular weight is 422 g/mol. The molecule has 4 N–H and O–H groups in total. The number of carbonyl (C=O) groups excluding carboxylic acids is 2. The van der Waals surface area contributed by atoms with Crippen molar-refractivity contribution in [3.05, 3.63) is 18.4 Å². The number of nitrogens with one attached hydrogen (secondary N) is 2. The van der Waals surface area contributed by atoms with Gasteiger partial charge in [-0.3, -0.25) is 9.59 Å². The van der Waals surface area contributed by atoms with Gasteiger partial charge in [0, 0.05) is 18.0 Å². The zero-order valence-corrected chi connectivity index (χ0v) is 17.0. The number of hydrogen-bond acceptors (Lipinski definition) is 5. The summed E-state index contributed by atoms with van der Waals surface area (Å²) in [5, 5.41) is 3.10. The van der Waals surface area contributed by atoms with Crippen LogP contribution in [0, 0.1) is 28.6 Å². The van der Waals surface area contributed by atoms with E-state index in [1.54, 1.807) is 0 Å². The summed E-state index contributed by atoms with van der Waals surface area (Å²) in [6.45, 7) is 0.0672. The largest absolute Gasteiger partial charge is 0.452 e. The van der Waals surface area contributed by atoms with Gasteiger partial charge in [-0.1, -0.05) is 0 Å². The third-order valence-corrected chi connectivity index (χ3v) is 9.08. The molecule has 1 heterocycles. The number of furan rings is 1. The van der Waals surface area contributed by atoms with E-state index in [1.165, 1.54) is 18.4 Å². The number of rotatable bonds is 7. The van der Waals surface area contributed by atoms with Gasteiger partial charge in [0.15, 0.2) is 0 Å². The highest BCUT2D eigenvalue weighted by Gasteiger charge is 2.59. The topological polar surface area (TPSA) is 132 Å². The van der Waals surface area contributed by atoms with Crippen molar-refractivity contribution >= 4 is 21.8 Å². The first-order valence-corrected chi connectivity index (χ1v) is 11.9. The third-order valence-electron chi connectivity index (χ3n) is 7.79. The molecular formula is C20H27N3O5S. The normalized spacial score (nSPS) is 36.7. The van der Waals surface area contributed by atoms with Crippen molar-refractivity contribution in [3.63, 3.8) is 0 Å². The van der Waals surface area contributed by atoms with Crippen molar-refractivity contribution in [3.8, 4) is 0 Å². The molecule has 2 atom stereocenters. The van der Waals surface area contributed by atoms with Crippen LogP contribution in [0.2, 0.25) is 0 Å². The maximum Gasteiger partial charge on any atom is 0.273 e. The summed E-state index contributed by atoms with van der Waals surface area (Å²) in [4.78, 5) is 25.2. The fraction of sp³-hybridized carbons (Fsp3) is 0.700. The second-order valence-corrected chi connectivity index (χ2v) is 11.3. The first kappa shape index (κ1) is 19.1. The lowest BCUT2D eigenvalue weighted by molar-refractivity contribution is -0.148. The Hall–Kier alpha value is -1.87. The molecule has 0 spiro atoms. The third kappa shape index (κ3) is 3.09. The molecule has 9 heteroatoms. The zero-order chi connectivity index (χ0) is 20.4. The van der Waals surface area contributed by atoms with Crippen LogP contribution in [0.3, 0.4) is 0 Å². The van der Waals surface area contributed by atoms with Crippen LogP contribution in [0.15, 0.2) is 27.9 Å². The average Bonchev–Trinajstić information content (AvgIpc) is 3.24. The van der Waals surface area contributed by atoms with Gasteiger partial charge in [0.25, 0.3) is 10.0 Å². The molecule has 4 bridgehead atoms. The lowest BCUT2D eigenvalue weighted by Crippen LogP contribution is -2.62. The lowest BCUT2D eigenvalue weighted by Gasteiger charge is -2.59. The van der Waals surface area contributed by atoms with E-state index in [2.05, 4.69) is 10.0 Å². The van der Waals surface area contributed by atoms with Crippen molar-refractivity contribution in [2.24, 2.45) is 34.3 Å². The minimum absolute atomic E-state index is 0.0608. The first-order valence-electron chi connectivity index (χ1n) is 10.4. The SMILES string of the molecule is NC(=O)C12CC3CC(C1)C(NC(=O)C1(CNS(=O)(=O)c4ccco4)CC1)C(C3)C2. The zero-order valence-electron chi connectivity index (χ0n) is 16.2. The molecule has 2 amide bonds. The van der Waals surface area contributed by atoms with Crippen molar-refractivity contribution in [2.75, 3.05) is 6.54 Å². The highest BCUT2D eigenvalue weighted by atomic mass is 32.2. The summed E-state index contributed by atoms with van der Waals surface area (Å²) < 4.78 is 32.1. The van der Waals surface area contributed by atoms with Gasteiger partial charge in [0.2, 0.25) is 16.9 Å². The Morgan fingerprint density at radius 3 is 2.41 bits per heavy atom. The van der Waals surface area contributed by atoms with E-state index in [-0.39, 0.29) is 46.7 Å². The summed E-state index contributed by atoms with van der Waals surface area (Å²) in [6, 6.07) is 2.95. The quantitative estimate of drug-likeness (QED) is 0.607. The number of sulfonamides is 1. The van der Waals surface area contributed by atoms with E-state index in [0.717, 1.165) is 32.1 Å². The Morgan fingerprint density at radius 1 is 1.17 bits per heavy atom. The number of nitrogens with two attached hydrogens (primary N) is 1. The molecule has 0 radical (unpaired) electrons. The van der Waals surface area contributed by atoms with Crippen molar-refractivity contribution in [2.45, 2.75) is 56.1 Å². The van der Waals surface area contributed by atoms with Crippen molar-refractivity contribution < 1.29 is 22.4 Å². The predicted octanol–water partition coefficient (Wildman–Crippen LogP) is 1.13. The molecule has 0 aliphatic heterocycles. The molecule has 0 saturated heterocycles. The first-order chi connectivity index (χ1) is 13.7. The second kappa shape index (κ2) is 6.31. The molecule has 5 aliphatic carbocycles. The number of hydrogen-bond donors (Lipinski definition) is 3. The Balaban J connectivity index is 1.25. The van der Waals surface area contributed by atoms with Gasteiger partial charge in [-0.2, -0.15) is 0 Å². The monoisotopic (exact) mass is 421 g/mol. The summed E-state index contributed by atoms with van der Waals surface area (Å²) in [5.41, 5.74) is 4.67. The minimum Gasteiger partial charge on any atom is -0.452 e. The highest BCUT2D eigenvalue weighted by molar-refractivity contribution is 7.89. The summed E-state index contributed by atoms with van der Waals surface area (Å²) in [5.74, 6) is 0.836. The maximum atomic E-state index is 13.1. The smallest absolute Gasteiger partial charge is 0.273 e. The standard InChI is InChI=1S/C20H27N3O5S/c21-17(24)20-8-12-6-13(9-20)16(14(7-12)10-20)23-18(25)19(3-4-19)11-22-29(26,27)15-2-1-5-28-15/h1-2,5,12-14,16,22H,3-4,6-11H2,(H2,21,24)(H,23,25). The molecule has 5 aliphatic rings. The van der Waals surface area contributed by atoms with Crippen molar-refractivity contribution in [1.82, 2.24) is 10.0 Å². The van der Waals surface area contributed by atoms with Gasteiger partial charge in [-0.05, 0) is 74.8 Å². The summed E-state index contributed by atoms with van der Waals surface area (Å²) in [7, 11) is -3.76. The van der Waals surface area contributed by atoms with E-state index in [4.69, 9.17) is 10.2 Å². The van der Waals surface area contributed by atoms with Crippen LogP contribution in [0.1, 0.15) is 44.9 Å². The van der Waals surface area contributed by atoms with E-state index < -0.39 is 15.4 Å². The molecule has 1 aromatic heterocycles. The highest BCUT2D eigenvalue weighted by Crippen LogP contribution is 2.60. The van der Waals surface area contributed by atoms with E-state index in [0.29, 0.717) is 18.8 Å². The number of primary amides is 1. The van der Waals surface area contributed by atoms with Gasteiger partial charge < -0.3 is 15.5 Å². The van der Waals surface area contributed by atoms with Crippen LogP contribution in [-0.2, 0) is 19.6 Å². The summed E-state index contributed by atoms with van der Waals surface area (Å²) in [6.07, 6.45) is 7.12. The summed E-state index contributed by atoms with van der Waals surface area (Å²) >= 11 is 0. The molecule has 5 fully saturated rings. The maximum absolute atomic E-state index is 13.1. The Bertz CT molecular complexity index is 921. The van der Waals surface area contributed by atoms with E-state index >= 15 is 0 Å². The Labute approximate surface area is 170 Å². The number of amides is 2. The van der Waals surface area contributed by atoms with E-state index in [9.17, 15) is 18.0 Å². The van der Waals surface area contributed by atoms with Gasteiger partial charge in [-0.15, -0.1) is 0 Å². The van der Waals surface area contributed by atoms with Gasteiger partial charge >= 0.3 is 0 Å². The second-order valence-electron chi connectivity index (χ2n) is 9.65. The lowest BCUT2D eigenvalue weighted by atomic mass is 9.47. The Morgan fingerprint density at radius 2 is 1.86 bits per heavy atom. The molecule has 29 heavy (non-hydrogen) atoms. The number of carbonyl (C=O) groups is 2. The Kier molecular flexibility index (Phi) is 4.16. The van der Waals surface area contributed by atoms with Crippen LogP contribution in [0.5, 0.6) is 0 Å². The predicted molar refractivity (Wildman–Crippen MR) is 103 cm³/mol. The van der Waals surface area contributed by atoms with E-state index in [1.807, 2.05) is 0 Å². The van der Waals surface area contributed by atoms with Crippen LogP contribution in [0.4, 0.5) is 0 Å². The molecule has 1 aromatic rings. The van der Waals surface area contributed by atoms with Crippen LogP contribution >= 0.6 is 0 Å². The van der Waals surface area contributed by atoms with Gasteiger partial charge in [-0.25, -0.2) is 13.1 Å². The van der Waals surface area contributed by atoms with Crippen LogP contribution in [0.25, 0.3) is 0 Å². The molecule has 8 nitrogen and oxygen atoms in total.